The number of carbonyl (C=O) groups is 2. The van der Waals surface area contributed by atoms with Gasteiger partial charge < -0.3 is 15.0 Å². The van der Waals surface area contributed by atoms with Crippen molar-refractivity contribution in [2.24, 2.45) is 0 Å². The van der Waals surface area contributed by atoms with E-state index in [2.05, 4.69) is 12.2 Å². The molecule has 1 aliphatic rings. The first-order chi connectivity index (χ1) is 13.9. The number of morpholine rings is 1. The summed E-state index contributed by atoms with van der Waals surface area (Å²) < 4.78 is 5.51. The van der Waals surface area contributed by atoms with Crippen molar-refractivity contribution < 1.29 is 14.3 Å². The van der Waals surface area contributed by atoms with Crippen molar-refractivity contribution in [3.63, 3.8) is 0 Å². The van der Waals surface area contributed by atoms with Crippen LogP contribution in [0, 0.1) is 0 Å². The Morgan fingerprint density at radius 3 is 2.69 bits per heavy atom. The van der Waals surface area contributed by atoms with Crippen LogP contribution in [0.3, 0.4) is 0 Å². The summed E-state index contributed by atoms with van der Waals surface area (Å²) in [6, 6.07) is 16.9. The van der Waals surface area contributed by atoms with Crippen LogP contribution in [0.5, 0.6) is 0 Å². The summed E-state index contributed by atoms with van der Waals surface area (Å²) in [5.74, 6) is -0.0246. The third-order valence-electron chi connectivity index (χ3n) is 5.30. The van der Waals surface area contributed by atoms with E-state index in [1.165, 1.54) is 0 Å². The number of nitrogens with zero attached hydrogens (tertiary/aromatic N) is 2. The first-order valence-electron chi connectivity index (χ1n) is 10.00. The van der Waals surface area contributed by atoms with Gasteiger partial charge in [0.05, 0.1) is 19.3 Å². The predicted molar refractivity (Wildman–Crippen MR) is 114 cm³/mol. The number of hydrogen-bond donors (Lipinski definition) is 1. The molecule has 0 bridgehead atoms. The first kappa shape index (κ1) is 21.0. The molecule has 3 rings (SSSR count). The summed E-state index contributed by atoms with van der Waals surface area (Å²) in [5, 5.41) is 2.94. The molecule has 2 aromatic rings. The lowest BCUT2D eigenvalue weighted by atomic mass is 10.1. The van der Waals surface area contributed by atoms with Crippen LogP contribution in [-0.2, 0) is 9.53 Å². The molecule has 0 aromatic heterocycles. The van der Waals surface area contributed by atoms with Crippen LogP contribution < -0.4 is 5.32 Å². The summed E-state index contributed by atoms with van der Waals surface area (Å²) in [4.78, 5) is 28.9. The maximum absolute atomic E-state index is 12.6. The highest BCUT2D eigenvalue weighted by Crippen LogP contribution is 2.22. The van der Waals surface area contributed by atoms with Gasteiger partial charge >= 0.3 is 0 Å². The van der Waals surface area contributed by atoms with Crippen LogP contribution in [0.1, 0.15) is 35.8 Å². The molecule has 2 amide bonds. The second kappa shape index (κ2) is 9.67. The van der Waals surface area contributed by atoms with Gasteiger partial charge in [-0.05, 0) is 50.7 Å². The molecule has 0 saturated carbocycles. The summed E-state index contributed by atoms with van der Waals surface area (Å²) >= 11 is 0. The lowest BCUT2D eigenvalue weighted by Gasteiger charge is -2.33. The van der Waals surface area contributed by atoms with Gasteiger partial charge in [0.25, 0.3) is 5.91 Å². The van der Waals surface area contributed by atoms with Gasteiger partial charge in [0.2, 0.25) is 5.91 Å². The predicted octanol–water partition coefficient (Wildman–Crippen LogP) is 3.18. The maximum Gasteiger partial charge on any atom is 0.255 e. The fourth-order valence-corrected chi connectivity index (χ4v) is 3.42. The van der Waals surface area contributed by atoms with Crippen molar-refractivity contribution in [2.75, 3.05) is 38.6 Å². The van der Waals surface area contributed by atoms with E-state index in [1.54, 1.807) is 12.1 Å². The Hall–Kier alpha value is -2.70. The zero-order valence-electron chi connectivity index (χ0n) is 17.3. The minimum absolute atomic E-state index is 0.0333. The maximum atomic E-state index is 12.6. The van der Waals surface area contributed by atoms with E-state index in [1.807, 2.05) is 66.2 Å². The van der Waals surface area contributed by atoms with Gasteiger partial charge in [-0.1, -0.05) is 30.3 Å². The average Bonchev–Trinajstić information content (AvgIpc) is 2.74. The normalized spacial score (nSPS) is 17.8. The molecule has 0 radical (unpaired) electrons. The van der Waals surface area contributed by atoms with Crippen LogP contribution in [0.4, 0.5) is 5.69 Å². The molecule has 0 spiro atoms. The summed E-state index contributed by atoms with van der Waals surface area (Å²) in [7, 11) is 1.95. The van der Waals surface area contributed by atoms with E-state index in [-0.39, 0.29) is 24.0 Å². The number of carbonyl (C=O) groups excluding carboxylic acids is 2. The van der Waals surface area contributed by atoms with E-state index in [4.69, 9.17) is 4.74 Å². The number of likely N-dealkylation sites (N-methyl/N-ethyl adjacent to an activating group) is 1. The van der Waals surface area contributed by atoms with Gasteiger partial charge in [-0.15, -0.1) is 0 Å². The molecule has 154 valence electrons. The van der Waals surface area contributed by atoms with E-state index in [0.717, 1.165) is 11.3 Å². The number of nitrogens with one attached hydrogen (secondary N) is 1. The van der Waals surface area contributed by atoms with Crippen molar-refractivity contribution in [2.45, 2.75) is 26.0 Å². The zero-order valence-corrected chi connectivity index (χ0v) is 17.3. The topological polar surface area (TPSA) is 61.9 Å². The number of benzene rings is 2. The third-order valence-corrected chi connectivity index (χ3v) is 5.30. The fourth-order valence-electron chi connectivity index (χ4n) is 3.42. The average molecular weight is 396 g/mol. The largest absolute Gasteiger partial charge is 0.375 e. The van der Waals surface area contributed by atoms with Crippen molar-refractivity contribution in [1.29, 1.82) is 0 Å². The molecule has 1 saturated heterocycles. The van der Waals surface area contributed by atoms with Gasteiger partial charge in [0.1, 0.15) is 0 Å². The molecular formula is C23H29N3O3. The Kier molecular flexibility index (Phi) is 7.01. The van der Waals surface area contributed by atoms with Crippen molar-refractivity contribution >= 4 is 17.5 Å². The molecule has 6 nitrogen and oxygen atoms in total. The molecule has 2 atom stereocenters. The fraction of sp³-hybridized carbons (Fsp3) is 0.391. The third kappa shape index (κ3) is 5.65. The van der Waals surface area contributed by atoms with E-state index >= 15 is 0 Å². The number of ether oxygens (including phenoxy) is 1. The Labute approximate surface area is 172 Å². The van der Waals surface area contributed by atoms with Crippen molar-refractivity contribution in [1.82, 2.24) is 9.80 Å². The van der Waals surface area contributed by atoms with Gasteiger partial charge in [-0.25, -0.2) is 0 Å². The van der Waals surface area contributed by atoms with Gasteiger partial charge in [-0.3, -0.25) is 14.5 Å². The highest BCUT2D eigenvalue weighted by molar-refractivity contribution is 6.04. The first-order valence-corrected chi connectivity index (χ1v) is 10.00. The summed E-state index contributed by atoms with van der Waals surface area (Å²) in [6.45, 7) is 6.27. The van der Waals surface area contributed by atoms with E-state index in [0.29, 0.717) is 31.8 Å². The smallest absolute Gasteiger partial charge is 0.255 e. The summed E-state index contributed by atoms with van der Waals surface area (Å²) in [6.07, 6.45) is 0.0836. The molecule has 1 heterocycles. The number of anilines is 1. The Balaban J connectivity index is 1.61. The lowest BCUT2D eigenvalue weighted by Crippen LogP contribution is -2.48. The molecule has 29 heavy (non-hydrogen) atoms. The standard InChI is InChI=1S/C23H29N3O3/c1-17-15-26(12-13-29-17)22(27)16-25(3)18(2)20-10-7-11-21(14-20)24-23(28)19-8-5-4-6-9-19/h4-11,14,17-18H,12-13,15-16H2,1-3H3,(H,24,28)/t17-,18-/m1/s1. The Morgan fingerprint density at radius 2 is 1.97 bits per heavy atom. The monoisotopic (exact) mass is 395 g/mol. The van der Waals surface area contributed by atoms with Gasteiger partial charge in [0.15, 0.2) is 0 Å². The molecule has 0 aliphatic carbocycles. The van der Waals surface area contributed by atoms with Crippen LogP contribution in [0.2, 0.25) is 0 Å². The lowest BCUT2D eigenvalue weighted by molar-refractivity contribution is -0.139. The van der Waals surface area contributed by atoms with Crippen LogP contribution >= 0.6 is 0 Å². The van der Waals surface area contributed by atoms with Crippen LogP contribution in [0.15, 0.2) is 54.6 Å². The highest BCUT2D eigenvalue weighted by atomic mass is 16.5. The molecule has 1 aliphatic heterocycles. The second-order valence-corrected chi connectivity index (χ2v) is 7.56. The SMILES string of the molecule is C[C@@H]1CN(C(=O)CN(C)[C@H](C)c2cccc(NC(=O)c3ccccc3)c2)CCO1. The molecule has 6 heteroatoms. The minimum Gasteiger partial charge on any atom is -0.375 e. The van der Waals surface area contributed by atoms with Crippen LogP contribution in [0.25, 0.3) is 0 Å². The van der Waals surface area contributed by atoms with Crippen LogP contribution in [-0.4, -0.2) is 61.0 Å². The second-order valence-electron chi connectivity index (χ2n) is 7.56. The Bertz CT molecular complexity index is 840. The van der Waals surface area contributed by atoms with Crippen molar-refractivity contribution in [3.05, 3.63) is 65.7 Å². The molecule has 1 fully saturated rings. The van der Waals surface area contributed by atoms with E-state index in [9.17, 15) is 9.59 Å². The van der Waals surface area contributed by atoms with Crippen molar-refractivity contribution in [3.8, 4) is 0 Å². The zero-order chi connectivity index (χ0) is 20.8. The van der Waals surface area contributed by atoms with Gasteiger partial charge in [0, 0.05) is 30.4 Å². The number of amides is 2. The molecular weight excluding hydrogens is 366 g/mol. The van der Waals surface area contributed by atoms with Gasteiger partial charge in [-0.2, -0.15) is 0 Å². The quantitative estimate of drug-likeness (QED) is 0.816. The summed E-state index contributed by atoms with van der Waals surface area (Å²) in [5.41, 5.74) is 2.40. The number of hydrogen-bond acceptors (Lipinski definition) is 4. The number of rotatable bonds is 6. The van der Waals surface area contributed by atoms with E-state index < -0.39 is 0 Å². The highest BCUT2D eigenvalue weighted by Gasteiger charge is 2.24. The molecule has 2 aromatic carbocycles. The Morgan fingerprint density at radius 1 is 1.21 bits per heavy atom. The molecule has 1 N–H and O–H groups in total. The minimum atomic E-state index is -0.139. The molecule has 0 unspecified atom stereocenters.